The molecule has 0 spiro atoms. The van der Waals surface area contributed by atoms with Crippen LogP contribution in [0.4, 0.5) is 0 Å². The molecule has 19 heavy (non-hydrogen) atoms. The van der Waals surface area contributed by atoms with E-state index in [1.165, 1.54) is 36.5 Å². The minimum Gasteiger partial charge on any atom is -0.427 e. The molecule has 2 nitrogen and oxygen atoms in total. The lowest BCUT2D eigenvalue weighted by Gasteiger charge is -2.20. The Bertz CT molecular complexity index is 552. The highest BCUT2D eigenvalue weighted by molar-refractivity contribution is 5.69. The molecule has 0 heterocycles. The van der Waals surface area contributed by atoms with Gasteiger partial charge in [-0.1, -0.05) is 35.9 Å². The van der Waals surface area contributed by atoms with Gasteiger partial charge in [-0.2, -0.15) is 0 Å². The maximum atomic E-state index is 11.2. The van der Waals surface area contributed by atoms with Crippen molar-refractivity contribution in [2.75, 3.05) is 0 Å². The van der Waals surface area contributed by atoms with Crippen molar-refractivity contribution >= 4 is 5.97 Å². The van der Waals surface area contributed by atoms with Crippen molar-refractivity contribution in [1.29, 1.82) is 0 Å². The molecule has 1 aromatic carbocycles. The van der Waals surface area contributed by atoms with E-state index in [0.717, 1.165) is 18.6 Å². The van der Waals surface area contributed by atoms with E-state index in [0.29, 0.717) is 5.92 Å². The number of rotatable bonds is 2. The van der Waals surface area contributed by atoms with E-state index in [1.54, 1.807) is 0 Å². The average molecular weight is 254 g/mol. The Balaban J connectivity index is 1.98. The van der Waals surface area contributed by atoms with E-state index in [-0.39, 0.29) is 5.97 Å². The lowest BCUT2D eigenvalue weighted by Crippen LogP contribution is -2.04. The zero-order valence-electron chi connectivity index (χ0n) is 11.2. The lowest BCUT2D eigenvalue weighted by atomic mass is 9.85. The summed E-state index contributed by atoms with van der Waals surface area (Å²) in [6.07, 6.45) is 6.71. The molecule has 1 atom stereocenters. The monoisotopic (exact) mass is 254 g/mol. The summed E-state index contributed by atoms with van der Waals surface area (Å²) in [6.45, 7) is 1.47. The highest BCUT2D eigenvalue weighted by Gasteiger charge is 2.30. The fourth-order valence-corrected chi connectivity index (χ4v) is 3.11. The van der Waals surface area contributed by atoms with Gasteiger partial charge in [0.25, 0.3) is 0 Å². The number of ether oxygens (including phenoxy) is 1. The van der Waals surface area contributed by atoms with Gasteiger partial charge in [0.15, 0.2) is 0 Å². The van der Waals surface area contributed by atoms with Crippen LogP contribution >= 0.6 is 0 Å². The fraction of sp³-hybridized carbons (Fsp3) is 0.353. The molecule has 1 aromatic rings. The van der Waals surface area contributed by atoms with Crippen LogP contribution in [-0.4, -0.2) is 5.97 Å². The SMILES string of the molecule is CC(=O)OC1=CC(c2ccccc2)C2=C1CCCC2. The first-order valence-electron chi connectivity index (χ1n) is 6.93. The second-order valence-electron chi connectivity index (χ2n) is 5.22. The highest BCUT2D eigenvalue weighted by atomic mass is 16.5. The molecule has 3 rings (SSSR count). The zero-order valence-corrected chi connectivity index (χ0v) is 11.2. The van der Waals surface area contributed by atoms with E-state index in [4.69, 9.17) is 4.74 Å². The number of esters is 1. The second-order valence-corrected chi connectivity index (χ2v) is 5.22. The Hall–Kier alpha value is -1.83. The van der Waals surface area contributed by atoms with Crippen LogP contribution in [-0.2, 0) is 9.53 Å². The Kier molecular flexibility index (Phi) is 3.24. The molecule has 0 aliphatic heterocycles. The van der Waals surface area contributed by atoms with Crippen molar-refractivity contribution in [1.82, 2.24) is 0 Å². The Morgan fingerprint density at radius 2 is 1.89 bits per heavy atom. The Labute approximate surface area is 113 Å². The number of carbonyl (C=O) groups excluding carboxylic acids is 1. The van der Waals surface area contributed by atoms with E-state index < -0.39 is 0 Å². The van der Waals surface area contributed by atoms with Crippen LogP contribution in [0.2, 0.25) is 0 Å². The summed E-state index contributed by atoms with van der Waals surface area (Å²) in [6, 6.07) is 10.5. The quantitative estimate of drug-likeness (QED) is 0.743. The molecular formula is C17H18O2. The number of benzene rings is 1. The number of hydrogen-bond donors (Lipinski definition) is 0. The number of allylic oxidation sites excluding steroid dienone is 3. The summed E-state index contributed by atoms with van der Waals surface area (Å²) < 4.78 is 5.40. The van der Waals surface area contributed by atoms with E-state index >= 15 is 0 Å². The number of hydrogen-bond acceptors (Lipinski definition) is 2. The predicted octanol–water partition coefficient (Wildman–Crippen LogP) is 4.10. The lowest BCUT2D eigenvalue weighted by molar-refractivity contribution is -0.136. The van der Waals surface area contributed by atoms with Gasteiger partial charge in [0, 0.05) is 12.8 Å². The van der Waals surface area contributed by atoms with Crippen molar-refractivity contribution in [2.24, 2.45) is 0 Å². The predicted molar refractivity (Wildman–Crippen MR) is 74.5 cm³/mol. The fourth-order valence-electron chi connectivity index (χ4n) is 3.11. The van der Waals surface area contributed by atoms with Crippen LogP contribution < -0.4 is 0 Å². The largest absolute Gasteiger partial charge is 0.427 e. The smallest absolute Gasteiger partial charge is 0.308 e. The maximum Gasteiger partial charge on any atom is 0.308 e. The molecule has 1 unspecified atom stereocenters. The first-order valence-corrected chi connectivity index (χ1v) is 6.93. The summed E-state index contributed by atoms with van der Waals surface area (Å²) >= 11 is 0. The summed E-state index contributed by atoms with van der Waals surface area (Å²) in [4.78, 5) is 11.2. The first-order chi connectivity index (χ1) is 9.25. The normalized spacial score (nSPS) is 21.9. The highest BCUT2D eigenvalue weighted by Crippen LogP contribution is 2.45. The molecule has 2 aliphatic carbocycles. The van der Waals surface area contributed by atoms with Crippen molar-refractivity contribution < 1.29 is 9.53 Å². The van der Waals surface area contributed by atoms with Gasteiger partial charge in [0.05, 0.1) is 0 Å². The Morgan fingerprint density at radius 1 is 1.16 bits per heavy atom. The summed E-state index contributed by atoms with van der Waals surface area (Å²) in [5.41, 5.74) is 4.02. The molecule has 0 bridgehead atoms. The van der Waals surface area contributed by atoms with Gasteiger partial charge in [-0.3, -0.25) is 4.79 Å². The van der Waals surface area contributed by atoms with Crippen LogP contribution in [0.25, 0.3) is 0 Å². The van der Waals surface area contributed by atoms with Gasteiger partial charge >= 0.3 is 5.97 Å². The van der Waals surface area contributed by atoms with Gasteiger partial charge in [-0.15, -0.1) is 0 Å². The molecule has 0 radical (unpaired) electrons. The molecule has 2 heteroatoms. The van der Waals surface area contributed by atoms with Gasteiger partial charge in [-0.25, -0.2) is 0 Å². The van der Waals surface area contributed by atoms with Crippen molar-refractivity contribution in [3.8, 4) is 0 Å². The summed E-state index contributed by atoms with van der Waals surface area (Å²) in [5.74, 6) is 0.874. The van der Waals surface area contributed by atoms with Gasteiger partial charge in [-0.05, 0) is 42.9 Å². The molecule has 0 saturated heterocycles. The van der Waals surface area contributed by atoms with Crippen LogP contribution in [0, 0.1) is 0 Å². The molecule has 98 valence electrons. The third-order valence-corrected chi connectivity index (χ3v) is 3.91. The van der Waals surface area contributed by atoms with Crippen molar-refractivity contribution in [3.05, 3.63) is 58.9 Å². The maximum absolute atomic E-state index is 11.2. The molecule has 0 fully saturated rings. The standard InChI is InChI=1S/C17H18O2/c1-12(18)19-17-11-16(13-7-3-2-4-8-13)14-9-5-6-10-15(14)17/h2-4,7-8,11,16H,5-6,9-10H2,1H3. The van der Waals surface area contributed by atoms with Crippen molar-refractivity contribution in [2.45, 2.75) is 38.5 Å². The second kappa shape index (κ2) is 5.04. The average Bonchev–Trinajstić information content (AvgIpc) is 2.78. The summed E-state index contributed by atoms with van der Waals surface area (Å²) in [5, 5.41) is 0. The first kappa shape index (κ1) is 12.2. The number of carbonyl (C=O) groups is 1. The van der Waals surface area contributed by atoms with Gasteiger partial charge < -0.3 is 4.74 Å². The Morgan fingerprint density at radius 3 is 2.63 bits per heavy atom. The van der Waals surface area contributed by atoms with Gasteiger partial charge in [0.2, 0.25) is 0 Å². The zero-order chi connectivity index (χ0) is 13.2. The molecular weight excluding hydrogens is 236 g/mol. The van der Waals surface area contributed by atoms with Crippen LogP contribution in [0.3, 0.4) is 0 Å². The topological polar surface area (TPSA) is 26.3 Å². The molecule has 2 aliphatic rings. The van der Waals surface area contributed by atoms with Crippen LogP contribution in [0.1, 0.15) is 44.1 Å². The van der Waals surface area contributed by atoms with Gasteiger partial charge in [0.1, 0.15) is 5.76 Å². The summed E-state index contributed by atoms with van der Waals surface area (Å²) in [7, 11) is 0. The minimum atomic E-state index is -0.225. The van der Waals surface area contributed by atoms with Crippen molar-refractivity contribution in [3.63, 3.8) is 0 Å². The molecule has 0 aromatic heterocycles. The third kappa shape index (κ3) is 2.35. The van der Waals surface area contributed by atoms with Crippen LogP contribution in [0.5, 0.6) is 0 Å². The van der Waals surface area contributed by atoms with E-state index in [1.807, 2.05) is 6.07 Å². The van der Waals surface area contributed by atoms with E-state index in [2.05, 4.69) is 30.3 Å². The molecule has 0 N–H and O–H groups in total. The van der Waals surface area contributed by atoms with Crippen LogP contribution in [0.15, 0.2) is 53.3 Å². The molecule has 0 saturated carbocycles. The minimum absolute atomic E-state index is 0.225. The third-order valence-electron chi connectivity index (χ3n) is 3.91. The van der Waals surface area contributed by atoms with E-state index in [9.17, 15) is 4.79 Å². The molecule has 0 amide bonds.